The van der Waals surface area contributed by atoms with E-state index in [1.807, 2.05) is 18.5 Å². The monoisotopic (exact) mass is 244 g/mol. The van der Waals surface area contributed by atoms with Crippen molar-refractivity contribution in [1.82, 2.24) is 19.5 Å². The van der Waals surface area contributed by atoms with Crippen molar-refractivity contribution in [2.45, 2.75) is 13.3 Å². The summed E-state index contributed by atoms with van der Waals surface area (Å²) in [7, 11) is 1.93. The van der Waals surface area contributed by atoms with Gasteiger partial charge in [0.15, 0.2) is 0 Å². The van der Waals surface area contributed by atoms with Crippen LogP contribution in [0.2, 0.25) is 0 Å². The minimum Gasteiger partial charge on any atom is -0.477 e. The molecule has 0 amide bonds. The van der Waals surface area contributed by atoms with Gasteiger partial charge in [-0.3, -0.25) is 0 Å². The minimum atomic E-state index is -0.987. The molecular weight excluding hydrogens is 232 g/mol. The molecule has 6 nitrogen and oxygen atoms in total. The first-order valence-electron chi connectivity index (χ1n) is 5.68. The van der Waals surface area contributed by atoms with E-state index in [0.29, 0.717) is 5.65 Å². The van der Waals surface area contributed by atoms with Crippen molar-refractivity contribution in [2.24, 2.45) is 7.05 Å². The maximum absolute atomic E-state index is 11.0. The molecule has 3 aromatic heterocycles. The van der Waals surface area contributed by atoms with Crippen molar-refractivity contribution in [2.75, 3.05) is 0 Å². The Balaban J connectivity index is 2.44. The van der Waals surface area contributed by atoms with E-state index in [9.17, 15) is 4.79 Å². The van der Waals surface area contributed by atoms with Crippen LogP contribution in [0.15, 0.2) is 12.3 Å². The predicted octanol–water partition coefficient (Wildman–Crippen LogP) is 1.71. The number of pyridine rings is 1. The Morgan fingerprint density at radius 1 is 1.56 bits per heavy atom. The third-order valence-corrected chi connectivity index (χ3v) is 3.13. The lowest BCUT2D eigenvalue weighted by Gasteiger charge is -1.98. The van der Waals surface area contributed by atoms with Gasteiger partial charge in [-0.15, -0.1) is 0 Å². The molecule has 0 fully saturated rings. The summed E-state index contributed by atoms with van der Waals surface area (Å²) in [6.45, 7) is 2.03. The summed E-state index contributed by atoms with van der Waals surface area (Å²) in [6, 6.07) is 1.61. The van der Waals surface area contributed by atoms with Crippen molar-refractivity contribution in [3.8, 4) is 0 Å². The lowest BCUT2D eigenvalue weighted by Crippen LogP contribution is -1.95. The highest BCUT2D eigenvalue weighted by Gasteiger charge is 2.15. The molecule has 0 spiro atoms. The van der Waals surface area contributed by atoms with Crippen molar-refractivity contribution in [3.05, 3.63) is 23.8 Å². The van der Waals surface area contributed by atoms with Crippen molar-refractivity contribution in [3.63, 3.8) is 0 Å². The highest BCUT2D eigenvalue weighted by Crippen LogP contribution is 2.24. The van der Waals surface area contributed by atoms with Gasteiger partial charge in [0, 0.05) is 18.9 Å². The van der Waals surface area contributed by atoms with E-state index >= 15 is 0 Å². The fraction of sp³-hybridized carbons (Fsp3) is 0.250. The molecule has 0 atom stereocenters. The number of H-pyrrole nitrogens is 1. The van der Waals surface area contributed by atoms with Gasteiger partial charge in [0.05, 0.1) is 11.7 Å². The second-order valence-electron chi connectivity index (χ2n) is 4.18. The number of aromatic carboxylic acids is 1. The lowest BCUT2D eigenvalue weighted by molar-refractivity contribution is 0.0691. The number of nitrogens with zero attached hydrogens (tertiary/aromatic N) is 3. The Kier molecular flexibility index (Phi) is 2.13. The number of aryl methyl sites for hydroxylation is 2. The first kappa shape index (κ1) is 10.8. The second kappa shape index (κ2) is 3.56. The number of nitrogens with one attached hydrogen (secondary N) is 1. The normalized spacial score (nSPS) is 11.4. The Labute approximate surface area is 102 Å². The lowest BCUT2D eigenvalue weighted by atomic mass is 10.3. The molecule has 3 aromatic rings. The fourth-order valence-corrected chi connectivity index (χ4v) is 2.26. The van der Waals surface area contributed by atoms with Gasteiger partial charge >= 0.3 is 5.97 Å². The van der Waals surface area contributed by atoms with Crippen LogP contribution >= 0.6 is 0 Å². The first-order valence-corrected chi connectivity index (χ1v) is 5.68. The second-order valence-corrected chi connectivity index (χ2v) is 4.18. The SMILES string of the molecule is CCc1nc2cnc3[nH]c(C(=O)O)cc3c2n1C. The smallest absolute Gasteiger partial charge is 0.352 e. The Hall–Kier alpha value is -2.37. The van der Waals surface area contributed by atoms with Crippen LogP contribution in [0.3, 0.4) is 0 Å². The van der Waals surface area contributed by atoms with Crippen LogP contribution in [0, 0.1) is 0 Å². The zero-order valence-electron chi connectivity index (χ0n) is 10.1. The van der Waals surface area contributed by atoms with Gasteiger partial charge in [-0.1, -0.05) is 6.92 Å². The molecule has 3 rings (SSSR count). The van der Waals surface area contributed by atoms with E-state index in [4.69, 9.17) is 5.11 Å². The highest BCUT2D eigenvalue weighted by molar-refractivity contribution is 6.04. The number of hydrogen-bond donors (Lipinski definition) is 2. The number of aromatic nitrogens is 4. The number of carbonyl (C=O) groups is 1. The van der Waals surface area contributed by atoms with E-state index in [1.54, 1.807) is 12.3 Å². The molecule has 0 aliphatic heterocycles. The van der Waals surface area contributed by atoms with Crippen LogP contribution in [0.4, 0.5) is 0 Å². The van der Waals surface area contributed by atoms with Crippen LogP contribution in [0.25, 0.3) is 22.1 Å². The van der Waals surface area contributed by atoms with E-state index in [1.165, 1.54) is 0 Å². The maximum Gasteiger partial charge on any atom is 0.352 e. The zero-order valence-corrected chi connectivity index (χ0v) is 10.1. The quantitative estimate of drug-likeness (QED) is 0.718. The van der Waals surface area contributed by atoms with Crippen LogP contribution in [0.5, 0.6) is 0 Å². The van der Waals surface area contributed by atoms with Gasteiger partial charge in [-0.25, -0.2) is 14.8 Å². The minimum absolute atomic E-state index is 0.143. The summed E-state index contributed by atoms with van der Waals surface area (Å²) in [5.41, 5.74) is 2.42. The highest BCUT2D eigenvalue weighted by atomic mass is 16.4. The number of aromatic amines is 1. The molecule has 6 heteroatoms. The molecule has 0 unspecified atom stereocenters. The van der Waals surface area contributed by atoms with Crippen molar-refractivity contribution in [1.29, 1.82) is 0 Å². The Morgan fingerprint density at radius 2 is 2.33 bits per heavy atom. The van der Waals surface area contributed by atoms with Gasteiger partial charge in [-0.05, 0) is 6.07 Å². The molecule has 0 aromatic carbocycles. The van der Waals surface area contributed by atoms with Crippen LogP contribution in [-0.2, 0) is 13.5 Å². The van der Waals surface area contributed by atoms with Crippen molar-refractivity contribution >= 4 is 28.0 Å². The maximum atomic E-state index is 11.0. The molecule has 3 heterocycles. The number of rotatable bonds is 2. The van der Waals surface area contributed by atoms with E-state index in [-0.39, 0.29) is 5.69 Å². The molecule has 0 radical (unpaired) electrons. The van der Waals surface area contributed by atoms with Gasteiger partial charge in [0.25, 0.3) is 0 Å². The predicted molar refractivity (Wildman–Crippen MR) is 66.7 cm³/mol. The molecule has 0 aliphatic carbocycles. The Bertz CT molecular complexity index is 769. The summed E-state index contributed by atoms with van der Waals surface area (Å²) in [5.74, 6) is -0.0311. The van der Waals surface area contributed by atoms with Gasteiger partial charge in [-0.2, -0.15) is 0 Å². The molecule has 0 saturated heterocycles. The van der Waals surface area contributed by atoms with Crippen LogP contribution in [0.1, 0.15) is 23.2 Å². The molecule has 92 valence electrons. The molecule has 0 saturated carbocycles. The van der Waals surface area contributed by atoms with Crippen LogP contribution < -0.4 is 0 Å². The topological polar surface area (TPSA) is 83.8 Å². The third kappa shape index (κ3) is 1.32. The fourth-order valence-electron chi connectivity index (χ4n) is 2.26. The van der Waals surface area contributed by atoms with Crippen molar-refractivity contribution < 1.29 is 9.90 Å². The average Bonchev–Trinajstić information content (AvgIpc) is 2.90. The van der Waals surface area contributed by atoms with Gasteiger partial charge in [0.2, 0.25) is 0 Å². The third-order valence-electron chi connectivity index (χ3n) is 3.13. The molecule has 0 bridgehead atoms. The average molecular weight is 244 g/mol. The van der Waals surface area contributed by atoms with Crippen LogP contribution in [-0.4, -0.2) is 30.6 Å². The number of carboxylic acid groups (broad SMARTS) is 1. The summed E-state index contributed by atoms with van der Waals surface area (Å²) in [6.07, 6.45) is 2.49. The number of imidazole rings is 1. The summed E-state index contributed by atoms with van der Waals surface area (Å²) >= 11 is 0. The Morgan fingerprint density at radius 3 is 3.00 bits per heavy atom. The summed E-state index contributed by atoms with van der Waals surface area (Å²) < 4.78 is 1.98. The summed E-state index contributed by atoms with van der Waals surface area (Å²) in [4.78, 5) is 22.4. The summed E-state index contributed by atoms with van der Waals surface area (Å²) in [5, 5.41) is 9.79. The first-order chi connectivity index (χ1) is 8.61. The number of fused-ring (bicyclic) bond motifs is 3. The molecular formula is C12H12N4O2. The number of carboxylic acids is 1. The van der Waals surface area contributed by atoms with E-state index < -0.39 is 5.97 Å². The standard InChI is InChI=1S/C12H12N4O2/c1-3-9-14-8-5-13-11-6(10(8)16(9)2)4-7(15-11)12(17)18/h4-5H,3H2,1-2H3,(H,13,15)(H,17,18). The molecule has 2 N–H and O–H groups in total. The van der Waals surface area contributed by atoms with Gasteiger partial charge < -0.3 is 14.7 Å². The van der Waals surface area contributed by atoms with Gasteiger partial charge in [0.1, 0.15) is 22.7 Å². The molecule has 18 heavy (non-hydrogen) atoms. The van der Waals surface area contributed by atoms with E-state index in [2.05, 4.69) is 15.0 Å². The largest absolute Gasteiger partial charge is 0.477 e. The van der Waals surface area contributed by atoms with E-state index in [0.717, 1.165) is 28.7 Å². The molecule has 0 aliphatic rings. The zero-order chi connectivity index (χ0) is 12.9. The number of hydrogen-bond acceptors (Lipinski definition) is 3.